The molecule has 0 aromatic heterocycles. The van der Waals surface area contributed by atoms with Gasteiger partial charge in [0.05, 0.1) is 0 Å². The van der Waals surface area contributed by atoms with Crippen molar-refractivity contribution in [2.45, 2.75) is 33.2 Å². The van der Waals surface area contributed by atoms with E-state index in [1.165, 1.54) is 5.56 Å². The first-order chi connectivity index (χ1) is 7.49. The molecular weight excluding hydrogens is 204 g/mol. The SMILES string of the molecule is CC(C)Cc1ccc(C(C)N[N+](=O)[O-])cc1. The number of hydrazine groups is 1. The number of hydrogen-bond acceptors (Lipinski definition) is 2. The van der Waals surface area contributed by atoms with Gasteiger partial charge < -0.3 is 0 Å². The Morgan fingerprint density at radius 2 is 1.81 bits per heavy atom. The minimum atomic E-state index is -0.507. The quantitative estimate of drug-likeness (QED) is 0.615. The average molecular weight is 222 g/mol. The molecule has 1 unspecified atom stereocenters. The first-order valence-corrected chi connectivity index (χ1v) is 5.48. The fraction of sp³-hybridized carbons (Fsp3) is 0.500. The van der Waals surface area contributed by atoms with Crippen molar-refractivity contribution in [1.29, 1.82) is 0 Å². The Balaban J connectivity index is 2.66. The third kappa shape index (κ3) is 3.88. The second kappa shape index (κ2) is 5.49. The molecule has 0 aliphatic carbocycles. The first-order valence-electron chi connectivity index (χ1n) is 5.48. The van der Waals surface area contributed by atoms with Gasteiger partial charge in [-0.25, -0.2) is 10.1 Å². The van der Waals surface area contributed by atoms with Gasteiger partial charge in [0.1, 0.15) is 6.04 Å². The molecule has 0 saturated carbocycles. The van der Waals surface area contributed by atoms with Gasteiger partial charge in [0.25, 0.3) is 0 Å². The predicted octanol–water partition coefficient (Wildman–Crippen LogP) is 2.73. The van der Waals surface area contributed by atoms with E-state index in [2.05, 4.69) is 19.3 Å². The van der Waals surface area contributed by atoms with Gasteiger partial charge in [-0.1, -0.05) is 38.1 Å². The number of rotatable bonds is 5. The number of nitrogens with zero attached hydrogens (tertiary/aromatic N) is 1. The lowest BCUT2D eigenvalue weighted by Gasteiger charge is -2.10. The molecule has 0 heterocycles. The van der Waals surface area contributed by atoms with E-state index >= 15 is 0 Å². The van der Waals surface area contributed by atoms with Gasteiger partial charge in [-0.05, 0) is 30.4 Å². The number of benzene rings is 1. The maximum Gasteiger partial charge on any atom is 0.158 e. The van der Waals surface area contributed by atoms with Gasteiger partial charge in [0, 0.05) is 0 Å². The molecule has 0 aliphatic heterocycles. The molecule has 1 aromatic rings. The summed E-state index contributed by atoms with van der Waals surface area (Å²) in [4.78, 5) is 10.3. The van der Waals surface area contributed by atoms with E-state index in [4.69, 9.17) is 0 Å². The fourth-order valence-electron chi connectivity index (χ4n) is 1.65. The van der Waals surface area contributed by atoms with Crippen LogP contribution in [0.1, 0.15) is 37.9 Å². The molecule has 0 saturated heterocycles. The molecule has 0 amide bonds. The van der Waals surface area contributed by atoms with Crippen molar-refractivity contribution in [2.24, 2.45) is 5.92 Å². The zero-order valence-electron chi connectivity index (χ0n) is 9.93. The second-order valence-corrected chi connectivity index (χ2v) is 4.45. The standard InChI is InChI=1S/C12H18N2O2/c1-9(2)8-11-4-6-12(7-5-11)10(3)13-14(15)16/h4-7,9-10,13H,8H2,1-3H3. The van der Waals surface area contributed by atoms with Crippen LogP contribution >= 0.6 is 0 Å². The van der Waals surface area contributed by atoms with Crippen molar-refractivity contribution >= 4 is 0 Å². The molecule has 1 atom stereocenters. The van der Waals surface area contributed by atoms with Crippen LogP contribution in [0.2, 0.25) is 0 Å². The Morgan fingerprint density at radius 1 is 1.25 bits per heavy atom. The van der Waals surface area contributed by atoms with Crippen LogP contribution in [0.25, 0.3) is 0 Å². The Bertz CT molecular complexity index is 347. The topological polar surface area (TPSA) is 55.2 Å². The van der Waals surface area contributed by atoms with Crippen LogP contribution in [0.4, 0.5) is 0 Å². The molecule has 0 radical (unpaired) electrons. The third-order valence-electron chi connectivity index (χ3n) is 2.42. The van der Waals surface area contributed by atoms with Gasteiger partial charge in [-0.3, -0.25) is 0 Å². The van der Waals surface area contributed by atoms with Gasteiger partial charge in [0.15, 0.2) is 5.03 Å². The summed E-state index contributed by atoms with van der Waals surface area (Å²) in [6, 6.07) is 7.70. The molecule has 4 nitrogen and oxygen atoms in total. The smallest absolute Gasteiger partial charge is 0.158 e. The molecule has 0 fully saturated rings. The zero-order valence-corrected chi connectivity index (χ0v) is 9.93. The van der Waals surface area contributed by atoms with Gasteiger partial charge >= 0.3 is 0 Å². The van der Waals surface area contributed by atoms with Gasteiger partial charge in [-0.2, -0.15) is 0 Å². The molecule has 4 heteroatoms. The molecular formula is C12H18N2O2. The highest BCUT2D eigenvalue weighted by Crippen LogP contribution is 2.15. The maximum atomic E-state index is 10.3. The Morgan fingerprint density at radius 3 is 2.25 bits per heavy atom. The third-order valence-corrected chi connectivity index (χ3v) is 2.42. The molecule has 0 spiro atoms. The van der Waals surface area contributed by atoms with Crippen LogP contribution in [0.15, 0.2) is 24.3 Å². The van der Waals surface area contributed by atoms with Crippen LogP contribution in [0.5, 0.6) is 0 Å². The van der Waals surface area contributed by atoms with E-state index in [1.807, 2.05) is 24.3 Å². The van der Waals surface area contributed by atoms with E-state index in [9.17, 15) is 10.1 Å². The van der Waals surface area contributed by atoms with E-state index in [0.29, 0.717) is 5.92 Å². The summed E-state index contributed by atoms with van der Waals surface area (Å²) >= 11 is 0. The molecule has 1 N–H and O–H groups in total. The summed E-state index contributed by atoms with van der Waals surface area (Å²) in [7, 11) is 0. The average Bonchev–Trinajstić information content (AvgIpc) is 2.16. The summed E-state index contributed by atoms with van der Waals surface area (Å²) in [6.07, 6.45) is 1.04. The van der Waals surface area contributed by atoms with Crippen molar-refractivity contribution in [3.8, 4) is 0 Å². The number of nitrogens with one attached hydrogen (secondary N) is 1. The van der Waals surface area contributed by atoms with E-state index in [0.717, 1.165) is 12.0 Å². The van der Waals surface area contributed by atoms with Gasteiger partial charge in [-0.15, -0.1) is 5.43 Å². The minimum Gasteiger partial charge on any atom is -0.235 e. The minimum absolute atomic E-state index is 0.261. The van der Waals surface area contributed by atoms with Crippen LogP contribution in [-0.4, -0.2) is 5.03 Å². The lowest BCUT2D eigenvalue weighted by atomic mass is 10.0. The van der Waals surface area contributed by atoms with Crippen LogP contribution < -0.4 is 5.43 Å². The Labute approximate surface area is 95.8 Å². The molecule has 0 bridgehead atoms. The Kier molecular flexibility index (Phi) is 4.28. The molecule has 88 valence electrons. The van der Waals surface area contributed by atoms with E-state index in [-0.39, 0.29) is 6.04 Å². The molecule has 0 aliphatic rings. The predicted molar refractivity (Wildman–Crippen MR) is 63.5 cm³/mol. The summed E-state index contributed by atoms with van der Waals surface area (Å²) in [5, 5.41) is 9.78. The highest BCUT2D eigenvalue weighted by molar-refractivity contribution is 5.24. The zero-order chi connectivity index (χ0) is 12.1. The summed E-state index contributed by atoms with van der Waals surface area (Å²) in [5.41, 5.74) is 4.45. The summed E-state index contributed by atoms with van der Waals surface area (Å²) in [5.74, 6) is 0.625. The van der Waals surface area contributed by atoms with Crippen LogP contribution in [-0.2, 0) is 6.42 Å². The van der Waals surface area contributed by atoms with Crippen molar-refractivity contribution in [3.05, 3.63) is 45.5 Å². The van der Waals surface area contributed by atoms with Crippen LogP contribution in [0.3, 0.4) is 0 Å². The highest BCUT2D eigenvalue weighted by Gasteiger charge is 2.09. The summed E-state index contributed by atoms with van der Waals surface area (Å²) < 4.78 is 0. The van der Waals surface area contributed by atoms with Gasteiger partial charge in [0.2, 0.25) is 0 Å². The molecule has 16 heavy (non-hydrogen) atoms. The van der Waals surface area contributed by atoms with Crippen molar-refractivity contribution in [2.75, 3.05) is 0 Å². The van der Waals surface area contributed by atoms with Crippen molar-refractivity contribution in [3.63, 3.8) is 0 Å². The second-order valence-electron chi connectivity index (χ2n) is 4.45. The lowest BCUT2D eigenvalue weighted by molar-refractivity contribution is -0.551. The largest absolute Gasteiger partial charge is 0.235 e. The molecule has 1 aromatic carbocycles. The number of hydrogen-bond donors (Lipinski definition) is 1. The highest BCUT2D eigenvalue weighted by atomic mass is 16.7. The summed E-state index contributed by atoms with van der Waals surface area (Å²) in [6.45, 7) is 6.12. The number of nitro groups is 1. The van der Waals surface area contributed by atoms with Crippen molar-refractivity contribution in [1.82, 2.24) is 5.43 Å². The van der Waals surface area contributed by atoms with Crippen molar-refractivity contribution < 1.29 is 5.03 Å². The lowest BCUT2D eigenvalue weighted by Crippen LogP contribution is -2.24. The van der Waals surface area contributed by atoms with E-state index in [1.54, 1.807) is 6.92 Å². The molecule has 1 rings (SSSR count). The monoisotopic (exact) mass is 222 g/mol. The normalized spacial score (nSPS) is 12.5. The Hall–Kier alpha value is -1.58. The fourth-order valence-corrected chi connectivity index (χ4v) is 1.65. The van der Waals surface area contributed by atoms with Crippen LogP contribution in [0, 0.1) is 16.0 Å². The maximum absolute atomic E-state index is 10.3. The first kappa shape index (κ1) is 12.5. The van der Waals surface area contributed by atoms with E-state index < -0.39 is 5.03 Å².